The Morgan fingerprint density at radius 2 is 2.00 bits per heavy atom. The molecular weight excluding hydrogens is 229 g/mol. The Morgan fingerprint density at radius 1 is 1.17 bits per heavy atom. The first-order valence-electron chi connectivity index (χ1n) is 5.94. The van der Waals surface area contributed by atoms with E-state index in [1.54, 1.807) is 13.2 Å². The molecule has 0 aromatic heterocycles. The van der Waals surface area contributed by atoms with Gasteiger partial charge < -0.3 is 10.1 Å². The van der Waals surface area contributed by atoms with Crippen LogP contribution in [0.4, 0.5) is 4.39 Å². The molecule has 1 N–H and O–H groups in total. The lowest BCUT2D eigenvalue weighted by Crippen LogP contribution is -2.14. The number of rotatable bonds is 2. The zero-order chi connectivity index (χ0) is 12.5. The molecule has 0 radical (unpaired) electrons. The fraction of sp³-hybridized carbons (Fsp3) is 0.200. The second-order valence-corrected chi connectivity index (χ2v) is 4.40. The molecule has 92 valence electrons. The third kappa shape index (κ3) is 1.77. The minimum absolute atomic E-state index is 0.0868. The lowest BCUT2D eigenvalue weighted by molar-refractivity contribution is 0.414. The highest BCUT2D eigenvalue weighted by Gasteiger charge is 2.25. The Hall–Kier alpha value is -1.87. The molecule has 1 aliphatic heterocycles. The molecule has 2 aromatic rings. The van der Waals surface area contributed by atoms with Crippen LogP contribution in [0.1, 0.15) is 22.7 Å². The van der Waals surface area contributed by atoms with E-state index in [0.29, 0.717) is 5.56 Å². The molecule has 3 heteroatoms. The topological polar surface area (TPSA) is 21.3 Å². The molecule has 2 aromatic carbocycles. The van der Waals surface area contributed by atoms with E-state index in [1.165, 1.54) is 11.6 Å². The largest absolute Gasteiger partial charge is 0.497 e. The van der Waals surface area contributed by atoms with Crippen LogP contribution in [0.3, 0.4) is 0 Å². The summed E-state index contributed by atoms with van der Waals surface area (Å²) in [5.41, 5.74) is 2.98. The maximum atomic E-state index is 13.8. The van der Waals surface area contributed by atoms with Crippen molar-refractivity contribution in [3.8, 4) is 5.75 Å². The van der Waals surface area contributed by atoms with Gasteiger partial charge in [-0.2, -0.15) is 0 Å². The van der Waals surface area contributed by atoms with Crippen molar-refractivity contribution in [3.63, 3.8) is 0 Å². The zero-order valence-corrected chi connectivity index (χ0v) is 10.1. The summed E-state index contributed by atoms with van der Waals surface area (Å²) in [6, 6.07) is 12.7. The van der Waals surface area contributed by atoms with E-state index in [9.17, 15) is 4.39 Å². The number of ether oxygens (including phenoxy) is 1. The molecule has 18 heavy (non-hydrogen) atoms. The maximum absolute atomic E-state index is 13.8. The molecule has 0 fully saturated rings. The SMILES string of the molecule is COc1ccc2c(c1)C(c1ccccc1F)NC2. The molecule has 1 atom stereocenters. The van der Waals surface area contributed by atoms with E-state index in [-0.39, 0.29) is 11.9 Å². The van der Waals surface area contributed by atoms with Crippen molar-refractivity contribution >= 4 is 0 Å². The van der Waals surface area contributed by atoms with Crippen molar-refractivity contribution in [2.24, 2.45) is 0 Å². The van der Waals surface area contributed by atoms with Gasteiger partial charge in [-0.25, -0.2) is 4.39 Å². The predicted molar refractivity (Wildman–Crippen MR) is 68.1 cm³/mol. The highest BCUT2D eigenvalue weighted by Crippen LogP contribution is 2.34. The summed E-state index contributed by atoms with van der Waals surface area (Å²) in [7, 11) is 1.64. The van der Waals surface area contributed by atoms with Crippen LogP contribution in [0.5, 0.6) is 5.75 Å². The minimum atomic E-state index is -0.175. The molecule has 0 spiro atoms. The van der Waals surface area contributed by atoms with Gasteiger partial charge in [-0.05, 0) is 29.3 Å². The molecule has 1 heterocycles. The van der Waals surface area contributed by atoms with Crippen LogP contribution in [0, 0.1) is 5.82 Å². The standard InChI is InChI=1S/C15H14FNO/c1-18-11-7-6-10-9-17-15(13(10)8-11)12-4-2-3-5-14(12)16/h2-8,15,17H,9H2,1H3. The average molecular weight is 243 g/mol. The van der Waals surface area contributed by atoms with Gasteiger partial charge in [0.05, 0.1) is 13.2 Å². The van der Waals surface area contributed by atoms with Crippen LogP contribution in [-0.4, -0.2) is 7.11 Å². The van der Waals surface area contributed by atoms with Crippen LogP contribution in [0.15, 0.2) is 42.5 Å². The molecule has 1 unspecified atom stereocenters. The lowest BCUT2D eigenvalue weighted by Gasteiger charge is -2.14. The van der Waals surface area contributed by atoms with Gasteiger partial charge in [0.1, 0.15) is 11.6 Å². The first-order chi connectivity index (χ1) is 8.79. The summed E-state index contributed by atoms with van der Waals surface area (Å²) in [5, 5.41) is 3.33. The van der Waals surface area contributed by atoms with Gasteiger partial charge in [-0.15, -0.1) is 0 Å². The Morgan fingerprint density at radius 3 is 2.78 bits per heavy atom. The normalized spacial score (nSPS) is 17.6. The second kappa shape index (κ2) is 4.42. The van der Waals surface area contributed by atoms with E-state index in [4.69, 9.17) is 4.74 Å². The van der Waals surface area contributed by atoms with E-state index in [0.717, 1.165) is 17.9 Å². The van der Waals surface area contributed by atoms with Crippen molar-refractivity contribution in [1.29, 1.82) is 0 Å². The molecule has 0 saturated heterocycles. The molecule has 0 saturated carbocycles. The van der Waals surface area contributed by atoms with Crippen LogP contribution >= 0.6 is 0 Å². The van der Waals surface area contributed by atoms with Crippen molar-refractivity contribution in [3.05, 3.63) is 65.0 Å². The zero-order valence-electron chi connectivity index (χ0n) is 10.1. The van der Waals surface area contributed by atoms with Gasteiger partial charge in [0.2, 0.25) is 0 Å². The van der Waals surface area contributed by atoms with Crippen LogP contribution < -0.4 is 10.1 Å². The number of benzene rings is 2. The maximum Gasteiger partial charge on any atom is 0.128 e. The third-order valence-electron chi connectivity index (χ3n) is 3.38. The number of methoxy groups -OCH3 is 1. The Bertz CT molecular complexity index is 582. The van der Waals surface area contributed by atoms with Crippen molar-refractivity contribution in [2.75, 3.05) is 7.11 Å². The number of hydrogen-bond acceptors (Lipinski definition) is 2. The predicted octanol–water partition coefficient (Wildman–Crippen LogP) is 3.03. The van der Waals surface area contributed by atoms with E-state index in [1.807, 2.05) is 30.3 Å². The molecular formula is C15H14FNO. The molecule has 0 bridgehead atoms. The fourth-order valence-corrected chi connectivity index (χ4v) is 2.44. The number of fused-ring (bicyclic) bond motifs is 1. The Labute approximate surface area is 105 Å². The number of halogens is 1. The summed E-state index contributed by atoms with van der Waals surface area (Å²) in [6.45, 7) is 0.762. The smallest absolute Gasteiger partial charge is 0.128 e. The molecule has 3 rings (SSSR count). The summed E-state index contributed by atoms with van der Waals surface area (Å²) in [5.74, 6) is 0.629. The van der Waals surface area contributed by atoms with Gasteiger partial charge in [-0.1, -0.05) is 24.3 Å². The van der Waals surface area contributed by atoms with E-state index in [2.05, 4.69) is 5.32 Å². The summed E-state index contributed by atoms with van der Waals surface area (Å²) >= 11 is 0. The molecule has 0 amide bonds. The second-order valence-electron chi connectivity index (χ2n) is 4.40. The van der Waals surface area contributed by atoms with Crippen molar-refractivity contribution in [1.82, 2.24) is 5.32 Å². The lowest BCUT2D eigenvalue weighted by atomic mass is 9.98. The van der Waals surface area contributed by atoms with Gasteiger partial charge in [-0.3, -0.25) is 0 Å². The van der Waals surface area contributed by atoms with Crippen LogP contribution in [0.2, 0.25) is 0 Å². The van der Waals surface area contributed by atoms with Crippen molar-refractivity contribution in [2.45, 2.75) is 12.6 Å². The highest BCUT2D eigenvalue weighted by molar-refractivity contribution is 5.45. The highest BCUT2D eigenvalue weighted by atomic mass is 19.1. The Kier molecular flexibility index (Phi) is 2.76. The van der Waals surface area contributed by atoms with Crippen LogP contribution in [0.25, 0.3) is 0 Å². The van der Waals surface area contributed by atoms with E-state index >= 15 is 0 Å². The Balaban J connectivity index is 2.06. The summed E-state index contributed by atoms with van der Waals surface area (Å²) in [4.78, 5) is 0. The third-order valence-corrected chi connectivity index (χ3v) is 3.38. The average Bonchev–Trinajstić information content (AvgIpc) is 2.82. The van der Waals surface area contributed by atoms with Crippen molar-refractivity contribution < 1.29 is 9.13 Å². The monoisotopic (exact) mass is 243 g/mol. The quantitative estimate of drug-likeness (QED) is 0.875. The van der Waals surface area contributed by atoms with Crippen LogP contribution in [-0.2, 0) is 6.54 Å². The molecule has 2 nitrogen and oxygen atoms in total. The van der Waals surface area contributed by atoms with E-state index < -0.39 is 0 Å². The van der Waals surface area contributed by atoms with Gasteiger partial charge in [0.25, 0.3) is 0 Å². The minimum Gasteiger partial charge on any atom is -0.497 e. The molecule has 0 aliphatic carbocycles. The molecule has 1 aliphatic rings. The van der Waals surface area contributed by atoms with Gasteiger partial charge in [0, 0.05) is 12.1 Å². The fourth-order valence-electron chi connectivity index (χ4n) is 2.44. The summed E-state index contributed by atoms with van der Waals surface area (Å²) in [6.07, 6.45) is 0. The summed E-state index contributed by atoms with van der Waals surface area (Å²) < 4.78 is 19.1. The number of nitrogens with one attached hydrogen (secondary N) is 1. The number of hydrogen-bond donors (Lipinski definition) is 1. The first-order valence-corrected chi connectivity index (χ1v) is 5.94. The first kappa shape index (κ1) is 11.2. The van der Waals surface area contributed by atoms with Gasteiger partial charge in [0.15, 0.2) is 0 Å². The van der Waals surface area contributed by atoms with Gasteiger partial charge >= 0.3 is 0 Å².